The van der Waals surface area contributed by atoms with Gasteiger partial charge in [0.1, 0.15) is 12.2 Å². The molecular weight excluding hydrogens is 438 g/mol. The fourth-order valence-electron chi connectivity index (χ4n) is 3.54. The first-order chi connectivity index (χ1) is 15.8. The normalized spacial score (nSPS) is 11.2. The number of nitrogens with one attached hydrogen (secondary N) is 2. The zero-order valence-electron chi connectivity index (χ0n) is 18.9. The maximum Gasteiger partial charge on any atom is 0.275 e. The predicted molar refractivity (Wildman–Crippen MR) is 130 cm³/mol. The number of rotatable bonds is 10. The molecule has 1 aromatic heterocycles. The van der Waals surface area contributed by atoms with E-state index in [1.165, 1.54) is 10.6 Å². The molecule has 0 radical (unpaired) electrons. The Bertz CT molecular complexity index is 1270. The van der Waals surface area contributed by atoms with Crippen LogP contribution in [0.5, 0.6) is 0 Å². The molecule has 0 aliphatic heterocycles. The number of carbonyl (C=O) groups is 1. The van der Waals surface area contributed by atoms with Crippen LogP contribution >= 0.6 is 0 Å². The van der Waals surface area contributed by atoms with Crippen LogP contribution in [0.4, 0.5) is 5.69 Å². The molecule has 0 aliphatic rings. The Morgan fingerprint density at radius 1 is 0.970 bits per heavy atom. The van der Waals surface area contributed by atoms with Gasteiger partial charge in [-0.05, 0) is 42.2 Å². The highest BCUT2D eigenvalue weighted by Crippen LogP contribution is 2.12. The fraction of sp³-hybridized carbons (Fsp3) is 0.280. The molecule has 0 saturated carbocycles. The summed E-state index contributed by atoms with van der Waals surface area (Å²) in [7, 11) is -3.80. The van der Waals surface area contributed by atoms with Gasteiger partial charge in [-0.1, -0.05) is 67.9 Å². The molecule has 0 saturated heterocycles. The minimum atomic E-state index is -3.80. The van der Waals surface area contributed by atoms with Crippen molar-refractivity contribution in [3.05, 3.63) is 99.5 Å². The molecule has 3 rings (SSSR count). The molecule has 0 aliphatic carbocycles. The fourth-order valence-corrected chi connectivity index (χ4v) is 4.73. The van der Waals surface area contributed by atoms with E-state index in [0.717, 1.165) is 17.5 Å². The van der Waals surface area contributed by atoms with E-state index in [2.05, 4.69) is 10.0 Å². The van der Waals surface area contributed by atoms with Crippen LogP contribution in [0.1, 0.15) is 35.7 Å². The van der Waals surface area contributed by atoms with Gasteiger partial charge in [0.15, 0.2) is 0 Å². The van der Waals surface area contributed by atoms with Crippen molar-refractivity contribution in [2.75, 3.05) is 4.72 Å². The standard InChI is InChI=1S/C25H29N3O4S/c1-3-9-22-14-15-23(27-33(31,32)18-20-11-5-4-6-12-20)25(30)28(22)17-24(29)26-16-21-13-8-7-10-19(21)2/h4-8,10-15,27H,3,9,16-18H2,1-2H3,(H,26,29). The van der Waals surface area contributed by atoms with Gasteiger partial charge in [0, 0.05) is 12.2 Å². The first-order valence-corrected chi connectivity index (χ1v) is 12.5. The molecule has 2 aromatic carbocycles. The molecule has 0 unspecified atom stereocenters. The Kier molecular flexibility index (Phi) is 8.06. The van der Waals surface area contributed by atoms with Crippen LogP contribution in [0.2, 0.25) is 0 Å². The molecule has 3 aromatic rings. The van der Waals surface area contributed by atoms with Crippen molar-refractivity contribution in [1.82, 2.24) is 9.88 Å². The van der Waals surface area contributed by atoms with Crippen molar-refractivity contribution >= 4 is 21.6 Å². The summed E-state index contributed by atoms with van der Waals surface area (Å²) in [5.74, 6) is -0.567. The summed E-state index contributed by atoms with van der Waals surface area (Å²) in [6.07, 6.45) is 1.38. The van der Waals surface area contributed by atoms with Crippen molar-refractivity contribution in [3.8, 4) is 0 Å². The van der Waals surface area contributed by atoms with Crippen LogP contribution in [0, 0.1) is 6.92 Å². The van der Waals surface area contributed by atoms with E-state index in [0.29, 0.717) is 24.2 Å². The highest BCUT2D eigenvalue weighted by Gasteiger charge is 2.17. The predicted octanol–water partition coefficient (Wildman–Crippen LogP) is 3.37. The molecule has 8 heteroatoms. The summed E-state index contributed by atoms with van der Waals surface area (Å²) in [5, 5.41) is 2.85. The second-order valence-corrected chi connectivity index (χ2v) is 9.65. The number of benzene rings is 2. The van der Waals surface area contributed by atoms with Crippen molar-refractivity contribution in [2.45, 2.75) is 45.5 Å². The number of anilines is 1. The van der Waals surface area contributed by atoms with E-state index in [1.807, 2.05) is 38.1 Å². The van der Waals surface area contributed by atoms with Gasteiger partial charge in [-0.15, -0.1) is 0 Å². The smallest absolute Gasteiger partial charge is 0.275 e. The zero-order valence-corrected chi connectivity index (χ0v) is 19.7. The van der Waals surface area contributed by atoms with Crippen LogP contribution in [-0.2, 0) is 40.1 Å². The third-order valence-electron chi connectivity index (χ3n) is 5.27. The van der Waals surface area contributed by atoms with E-state index in [1.54, 1.807) is 36.4 Å². The monoisotopic (exact) mass is 467 g/mol. The molecule has 33 heavy (non-hydrogen) atoms. The third kappa shape index (κ3) is 6.79. The van der Waals surface area contributed by atoms with Gasteiger partial charge in [-0.25, -0.2) is 8.42 Å². The Labute approximate surface area is 194 Å². The maximum absolute atomic E-state index is 13.1. The lowest BCUT2D eigenvalue weighted by Crippen LogP contribution is -2.35. The molecular formula is C25H29N3O4S. The van der Waals surface area contributed by atoms with Crippen molar-refractivity contribution < 1.29 is 13.2 Å². The van der Waals surface area contributed by atoms with Gasteiger partial charge >= 0.3 is 0 Å². The van der Waals surface area contributed by atoms with Crippen molar-refractivity contribution in [1.29, 1.82) is 0 Å². The van der Waals surface area contributed by atoms with Gasteiger partial charge in [0.05, 0.1) is 5.75 Å². The molecule has 7 nitrogen and oxygen atoms in total. The molecule has 0 bridgehead atoms. The van der Waals surface area contributed by atoms with E-state index in [9.17, 15) is 18.0 Å². The van der Waals surface area contributed by atoms with Crippen LogP contribution in [0.25, 0.3) is 0 Å². The number of aryl methyl sites for hydroxylation is 2. The van der Waals surface area contributed by atoms with E-state index < -0.39 is 15.6 Å². The summed E-state index contributed by atoms with van der Waals surface area (Å²) < 4.78 is 29.0. The number of nitrogens with zero attached hydrogens (tertiary/aromatic N) is 1. The van der Waals surface area contributed by atoms with Gasteiger partial charge in [-0.2, -0.15) is 0 Å². The highest BCUT2D eigenvalue weighted by molar-refractivity contribution is 7.91. The van der Waals surface area contributed by atoms with Crippen LogP contribution in [-0.4, -0.2) is 18.9 Å². The van der Waals surface area contributed by atoms with Crippen LogP contribution in [0.3, 0.4) is 0 Å². The lowest BCUT2D eigenvalue weighted by molar-refractivity contribution is -0.121. The number of hydrogen-bond donors (Lipinski definition) is 2. The Morgan fingerprint density at radius 3 is 2.36 bits per heavy atom. The van der Waals surface area contributed by atoms with E-state index in [4.69, 9.17) is 0 Å². The first-order valence-electron chi connectivity index (χ1n) is 10.9. The van der Waals surface area contributed by atoms with Gasteiger partial charge in [0.2, 0.25) is 15.9 Å². The molecule has 2 N–H and O–H groups in total. The Hall–Kier alpha value is -3.39. The lowest BCUT2D eigenvalue weighted by Gasteiger charge is -2.16. The number of sulfonamides is 1. The Balaban J connectivity index is 1.78. The molecule has 0 fully saturated rings. The Morgan fingerprint density at radius 2 is 1.67 bits per heavy atom. The van der Waals surface area contributed by atoms with E-state index in [-0.39, 0.29) is 23.9 Å². The number of carbonyl (C=O) groups excluding carboxylic acids is 1. The summed E-state index contributed by atoms with van der Waals surface area (Å²) >= 11 is 0. The topological polar surface area (TPSA) is 97.3 Å². The van der Waals surface area contributed by atoms with Crippen LogP contribution in [0.15, 0.2) is 71.5 Å². The van der Waals surface area contributed by atoms with Crippen LogP contribution < -0.4 is 15.6 Å². The number of amides is 1. The SMILES string of the molecule is CCCc1ccc(NS(=O)(=O)Cc2ccccc2)c(=O)n1CC(=O)NCc1ccccc1C. The quantitative estimate of drug-likeness (QED) is 0.478. The summed E-state index contributed by atoms with van der Waals surface area (Å²) in [4.78, 5) is 25.7. The number of aromatic nitrogens is 1. The molecule has 1 heterocycles. The van der Waals surface area contributed by atoms with Gasteiger partial charge in [-0.3, -0.25) is 14.3 Å². The average Bonchev–Trinajstić information content (AvgIpc) is 2.78. The summed E-state index contributed by atoms with van der Waals surface area (Å²) in [5.41, 5.74) is 2.75. The van der Waals surface area contributed by atoms with Crippen molar-refractivity contribution in [3.63, 3.8) is 0 Å². The summed E-state index contributed by atoms with van der Waals surface area (Å²) in [6.45, 7) is 4.11. The van der Waals surface area contributed by atoms with E-state index >= 15 is 0 Å². The minimum Gasteiger partial charge on any atom is -0.350 e. The average molecular weight is 468 g/mol. The number of pyridine rings is 1. The van der Waals surface area contributed by atoms with Crippen molar-refractivity contribution in [2.24, 2.45) is 0 Å². The number of hydrogen-bond acceptors (Lipinski definition) is 4. The molecule has 0 spiro atoms. The maximum atomic E-state index is 13.1. The zero-order chi connectivity index (χ0) is 23.8. The second-order valence-electron chi connectivity index (χ2n) is 7.93. The molecule has 174 valence electrons. The molecule has 0 atom stereocenters. The largest absolute Gasteiger partial charge is 0.350 e. The van der Waals surface area contributed by atoms with Gasteiger partial charge < -0.3 is 9.88 Å². The highest BCUT2D eigenvalue weighted by atomic mass is 32.2. The van der Waals surface area contributed by atoms with Gasteiger partial charge in [0.25, 0.3) is 5.56 Å². The second kappa shape index (κ2) is 11.0. The summed E-state index contributed by atoms with van der Waals surface area (Å²) in [6, 6.07) is 19.6. The third-order valence-corrected chi connectivity index (χ3v) is 6.52. The minimum absolute atomic E-state index is 0.0718. The lowest BCUT2D eigenvalue weighted by atomic mass is 10.1. The molecule has 1 amide bonds. The first kappa shape index (κ1) is 24.3.